The van der Waals surface area contributed by atoms with Crippen LogP contribution in [-0.2, 0) is 21.4 Å². The fraction of sp³-hybridized carbons (Fsp3) is 0.615. The van der Waals surface area contributed by atoms with Crippen LogP contribution < -0.4 is 10.0 Å². The SMILES string of the molecule is CNS(=O)(=O)c1ccc(CNC(=O)CC2CCCC2)s1. The van der Waals surface area contributed by atoms with Gasteiger partial charge in [-0.1, -0.05) is 12.8 Å². The van der Waals surface area contributed by atoms with E-state index in [1.807, 2.05) is 0 Å². The molecule has 0 saturated heterocycles. The molecule has 1 aliphatic rings. The third-order valence-electron chi connectivity index (χ3n) is 3.58. The van der Waals surface area contributed by atoms with Gasteiger partial charge in [-0.3, -0.25) is 4.79 Å². The fourth-order valence-electron chi connectivity index (χ4n) is 2.43. The molecule has 1 fully saturated rings. The van der Waals surface area contributed by atoms with Crippen molar-refractivity contribution in [1.82, 2.24) is 10.0 Å². The van der Waals surface area contributed by atoms with Crippen molar-refractivity contribution < 1.29 is 13.2 Å². The lowest BCUT2D eigenvalue weighted by molar-refractivity contribution is -0.122. The minimum atomic E-state index is -3.38. The second-order valence-electron chi connectivity index (χ2n) is 5.06. The van der Waals surface area contributed by atoms with Gasteiger partial charge in [0.15, 0.2) is 0 Å². The Morgan fingerprint density at radius 2 is 2.05 bits per heavy atom. The zero-order valence-electron chi connectivity index (χ0n) is 11.5. The third kappa shape index (κ3) is 4.04. The fourth-order valence-corrected chi connectivity index (χ4v) is 4.57. The molecule has 1 aliphatic carbocycles. The smallest absolute Gasteiger partial charge is 0.249 e. The van der Waals surface area contributed by atoms with Crippen LogP contribution in [0.1, 0.15) is 37.0 Å². The first-order valence-corrected chi connectivity index (χ1v) is 9.10. The largest absolute Gasteiger partial charge is 0.351 e. The third-order valence-corrected chi connectivity index (χ3v) is 6.57. The number of hydrogen-bond donors (Lipinski definition) is 2. The van der Waals surface area contributed by atoms with Crippen LogP contribution in [0.25, 0.3) is 0 Å². The van der Waals surface area contributed by atoms with Crippen LogP contribution >= 0.6 is 11.3 Å². The zero-order chi connectivity index (χ0) is 14.6. The number of thiophene rings is 1. The molecule has 0 aromatic carbocycles. The van der Waals surface area contributed by atoms with E-state index in [9.17, 15) is 13.2 Å². The van der Waals surface area contributed by atoms with Gasteiger partial charge in [0.25, 0.3) is 0 Å². The highest BCUT2D eigenvalue weighted by atomic mass is 32.2. The van der Waals surface area contributed by atoms with Crippen molar-refractivity contribution in [2.24, 2.45) is 5.92 Å². The van der Waals surface area contributed by atoms with Gasteiger partial charge in [0, 0.05) is 11.3 Å². The normalized spacial score (nSPS) is 16.4. The topological polar surface area (TPSA) is 75.3 Å². The molecule has 0 unspecified atom stereocenters. The minimum absolute atomic E-state index is 0.0586. The molecule has 1 aromatic heterocycles. The van der Waals surface area contributed by atoms with Crippen LogP contribution in [0.2, 0.25) is 0 Å². The lowest BCUT2D eigenvalue weighted by Crippen LogP contribution is -2.24. The van der Waals surface area contributed by atoms with Gasteiger partial charge < -0.3 is 5.32 Å². The van der Waals surface area contributed by atoms with E-state index in [1.165, 1.54) is 31.2 Å². The molecule has 112 valence electrons. The summed E-state index contributed by atoms with van der Waals surface area (Å²) >= 11 is 1.18. The Balaban J connectivity index is 1.83. The predicted octanol–water partition coefficient (Wildman–Crippen LogP) is 1.85. The highest BCUT2D eigenvalue weighted by molar-refractivity contribution is 7.91. The molecule has 5 nitrogen and oxygen atoms in total. The Labute approximate surface area is 123 Å². The van der Waals surface area contributed by atoms with Crippen LogP contribution in [0.4, 0.5) is 0 Å². The minimum Gasteiger partial charge on any atom is -0.351 e. The van der Waals surface area contributed by atoms with E-state index < -0.39 is 10.0 Å². The van der Waals surface area contributed by atoms with Gasteiger partial charge in [0.05, 0.1) is 6.54 Å². The maximum absolute atomic E-state index is 11.8. The Kier molecular flexibility index (Phi) is 5.17. The van der Waals surface area contributed by atoms with Crippen LogP contribution in [-0.4, -0.2) is 21.4 Å². The van der Waals surface area contributed by atoms with E-state index in [1.54, 1.807) is 12.1 Å². The maximum atomic E-state index is 11.8. The lowest BCUT2D eigenvalue weighted by Gasteiger charge is -2.08. The zero-order valence-corrected chi connectivity index (χ0v) is 13.1. The van der Waals surface area contributed by atoms with Crippen molar-refractivity contribution in [3.63, 3.8) is 0 Å². The maximum Gasteiger partial charge on any atom is 0.249 e. The number of amides is 1. The highest BCUT2D eigenvalue weighted by Gasteiger charge is 2.19. The van der Waals surface area contributed by atoms with E-state index >= 15 is 0 Å². The van der Waals surface area contributed by atoms with Crippen molar-refractivity contribution >= 4 is 27.3 Å². The number of rotatable bonds is 6. The van der Waals surface area contributed by atoms with Gasteiger partial charge in [-0.2, -0.15) is 0 Å². The van der Waals surface area contributed by atoms with Gasteiger partial charge >= 0.3 is 0 Å². The second-order valence-corrected chi connectivity index (χ2v) is 8.34. The Hall–Kier alpha value is -0.920. The number of hydrogen-bond acceptors (Lipinski definition) is 4. The molecule has 0 spiro atoms. The Bertz CT molecular complexity index is 560. The van der Waals surface area contributed by atoms with Crippen LogP contribution in [0, 0.1) is 5.92 Å². The molecular formula is C13H20N2O3S2. The summed E-state index contributed by atoms with van der Waals surface area (Å²) in [7, 11) is -1.99. The van der Waals surface area contributed by atoms with Crippen LogP contribution in [0.15, 0.2) is 16.3 Å². The number of carbonyl (C=O) groups is 1. The number of sulfonamides is 1. The summed E-state index contributed by atoms with van der Waals surface area (Å²) in [6.45, 7) is 0.398. The molecule has 1 amide bonds. The first kappa shape index (κ1) is 15.5. The summed E-state index contributed by atoms with van der Waals surface area (Å²) in [5, 5.41) is 2.86. The molecule has 7 heteroatoms. The molecule has 2 N–H and O–H groups in total. The summed E-state index contributed by atoms with van der Waals surface area (Å²) in [5.74, 6) is 0.585. The molecule has 1 saturated carbocycles. The predicted molar refractivity (Wildman–Crippen MR) is 79.0 cm³/mol. The molecule has 2 rings (SSSR count). The van der Waals surface area contributed by atoms with Crippen molar-refractivity contribution in [3.8, 4) is 0 Å². The van der Waals surface area contributed by atoms with E-state index in [-0.39, 0.29) is 10.1 Å². The molecule has 0 bridgehead atoms. The first-order chi connectivity index (χ1) is 9.51. The molecule has 0 radical (unpaired) electrons. The molecular weight excluding hydrogens is 296 g/mol. The van der Waals surface area contributed by atoms with Crippen molar-refractivity contribution in [1.29, 1.82) is 0 Å². The summed E-state index contributed by atoms with van der Waals surface area (Å²) in [4.78, 5) is 12.6. The number of nitrogens with one attached hydrogen (secondary N) is 2. The van der Waals surface area contributed by atoms with Gasteiger partial charge in [-0.05, 0) is 37.9 Å². The van der Waals surface area contributed by atoms with Crippen molar-refractivity contribution in [2.45, 2.75) is 42.9 Å². The van der Waals surface area contributed by atoms with Crippen molar-refractivity contribution in [3.05, 3.63) is 17.0 Å². The van der Waals surface area contributed by atoms with Gasteiger partial charge in [0.1, 0.15) is 4.21 Å². The summed E-state index contributed by atoms with van der Waals surface area (Å²) in [6, 6.07) is 3.31. The number of carbonyl (C=O) groups excluding carboxylic acids is 1. The lowest BCUT2D eigenvalue weighted by atomic mass is 10.0. The molecule has 0 atom stereocenters. The van der Waals surface area contributed by atoms with Gasteiger partial charge in [0.2, 0.25) is 15.9 Å². The Morgan fingerprint density at radius 1 is 1.35 bits per heavy atom. The molecule has 0 aliphatic heterocycles. The molecule has 1 aromatic rings. The summed E-state index contributed by atoms with van der Waals surface area (Å²) in [5.41, 5.74) is 0. The van der Waals surface area contributed by atoms with Gasteiger partial charge in [-0.25, -0.2) is 13.1 Å². The summed E-state index contributed by atoms with van der Waals surface area (Å²) < 4.78 is 25.7. The van der Waals surface area contributed by atoms with Crippen LogP contribution in [0.5, 0.6) is 0 Å². The first-order valence-electron chi connectivity index (χ1n) is 6.80. The monoisotopic (exact) mass is 316 g/mol. The average Bonchev–Trinajstić information content (AvgIpc) is 3.07. The van der Waals surface area contributed by atoms with E-state index in [4.69, 9.17) is 0 Å². The standard InChI is InChI=1S/C13H20N2O3S2/c1-14-20(17,18)13-7-6-11(19-13)9-15-12(16)8-10-4-2-3-5-10/h6-7,10,14H,2-5,8-9H2,1H3,(H,15,16). The van der Waals surface area contributed by atoms with E-state index in [2.05, 4.69) is 10.0 Å². The summed E-state index contributed by atoms with van der Waals surface area (Å²) in [6.07, 6.45) is 5.35. The van der Waals surface area contributed by atoms with E-state index in [0.717, 1.165) is 17.7 Å². The van der Waals surface area contributed by atoms with Crippen LogP contribution in [0.3, 0.4) is 0 Å². The van der Waals surface area contributed by atoms with Crippen molar-refractivity contribution in [2.75, 3.05) is 7.05 Å². The molecule has 1 heterocycles. The Morgan fingerprint density at radius 3 is 2.70 bits per heavy atom. The highest BCUT2D eigenvalue weighted by Crippen LogP contribution is 2.27. The second kappa shape index (κ2) is 6.69. The van der Waals surface area contributed by atoms with Gasteiger partial charge in [-0.15, -0.1) is 11.3 Å². The molecule has 20 heavy (non-hydrogen) atoms. The quantitative estimate of drug-likeness (QED) is 0.841. The average molecular weight is 316 g/mol. The van der Waals surface area contributed by atoms with E-state index in [0.29, 0.717) is 18.9 Å².